The molecule has 3 aromatic rings. The number of ether oxygens (including phenoxy) is 2. The van der Waals surface area contributed by atoms with E-state index in [9.17, 15) is 0 Å². The predicted molar refractivity (Wildman–Crippen MR) is 101 cm³/mol. The molecule has 0 aliphatic rings. The highest BCUT2D eigenvalue weighted by atomic mass is 16.5. The monoisotopic (exact) mass is 332 g/mol. The second kappa shape index (κ2) is 8.55. The van der Waals surface area contributed by atoms with Gasteiger partial charge in [-0.05, 0) is 29.8 Å². The van der Waals surface area contributed by atoms with Gasteiger partial charge in [-0.2, -0.15) is 5.10 Å². The van der Waals surface area contributed by atoms with Gasteiger partial charge < -0.3 is 9.47 Å². The second-order valence-corrected chi connectivity index (χ2v) is 5.39. The molecule has 0 saturated carbocycles. The normalized spacial score (nSPS) is 10.6. The van der Waals surface area contributed by atoms with Gasteiger partial charge in [-0.3, -0.25) is 5.43 Å². The van der Waals surface area contributed by atoms with Crippen molar-refractivity contribution in [2.45, 2.75) is 6.61 Å². The first-order chi connectivity index (χ1) is 12.4. The number of hydrogen-bond acceptors (Lipinski definition) is 4. The summed E-state index contributed by atoms with van der Waals surface area (Å²) in [7, 11) is 1.63. The maximum atomic E-state index is 6.00. The van der Waals surface area contributed by atoms with E-state index in [2.05, 4.69) is 10.5 Å². The van der Waals surface area contributed by atoms with Crippen LogP contribution in [0, 0.1) is 0 Å². The SMILES string of the molecule is COc1cccc(/C=N/Nc2ccccc2)c1OCc1ccccc1. The van der Waals surface area contributed by atoms with Crippen LogP contribution in [0.5, 0.6) is 11.5 Å². The lowest BCUT2D eigenvalue weighted by atomic mass is 10.2. The molecule has 0 unspecified atom stereocenters. The Morgan fingerprint density at radius 3 is 2.32 bits per heavy atom. The number of nitrogens with one attached hydrogen (secondary N) is 1. The Balaban J connectivity index is 1.76. The summed E-state index contributed by atoms with van der Waals surface area (Å²) in [5.74, 6) is 1.35. The van der Waals surface area contributed by atoms with Crippen LogP contribution in [0.15, 0.2) is 84.0 Å². The van der Waals surface area contributed by atoms with Crippen molar-refractivity contribution in [3.63, 3.8) is 0 Å². The smallest absolute Gasteiger partial charge is 0.170 e. The van der Waals surface area contributed by atoms with Crippen molar-refractivity contribution in [1.82, 2.24) is 0 Å². The molecule has 0 aliphatic carbocycles. The zero-order valence-electron chi connectivity index (χ0n) is 14.1. The summed E-state index contributed by atoms with van der Waals surface area (Å²) in [5, 5.41) is 4.29. The summed E-state index contributed by atoms with van der Waals surface area (Å²) in [6.07, 6.45) is 1.73. The summed E-state index contributed by atoms with van der Waals surface area (Å²) in [6, 6.07) is 25.5. The molecule has 0 radical (unpaired) electrons. The first-order valence-corrected chi connectivity index (χ1v) is 8.04. The second-order valence-electron chi connectivity index (χ2n) is 5.39. The topological polar surface area (TPSA) is 42.8 Å². The number of hydrogen-bond donors (Lipinski definition) is 1. The Morgan fingerprint density at radius 1 is 0.880 bits per heavy atom. The molecule has 0 amide bonds. The van der Waals surface area contributed by atoms with E-state index < -0.39 is 0 Å². The molecule has 0 atom stereocenters. The number of rotatable bonds is 7. The summed E-state index contributed by atoms with van der Waals surface area (Å²) in [6.45, 7) is 0.466. The van der Waals surface area contributed by atoms with E-state index in [1.807, 2.05) is 78.9 Å². The molecular weight excluding hydrogens is 312 g/mol. The third kappa shape index (κ3) is 4.61. The molecule has 4 heteroatoms. The summed E-state index contributed by atoms with van der Waals surface area (Å²) in [4.78, 5) is 0. The minimum Gasteiger partial charge on any atom is -0.493 e. The van der Waals surface area contributed by atoms with E-state index in [0.717, 1.165) is 16.8 Å². The van der Waals surface area contributed by atoms with Crippen LogP contribution >= 0.6 is 0 Å². The van der Waals surface area contributed by atoms with Crippen LogP contribution in [0.4, 0.5) is 5.69 Å². The molecule has 0 heterocycles. The standard InChI is InChI=1S/C21H20N2O2/c1-24-20-14-8-11-18(15-22-23-19-12-6-3-7-13-19)21(20)25-16-17-9-4-2-5-10-17/h2-15,23H,16H2,1H3/b22-15+. The zero-order valence-corrected chi connectivity index (χ0v) is 14.1. The predicted octanol–water partition coefficient (Wildman–Crippen LogP) is 4.72. The Labute approximate surface area is 147 Å². The molecule has 3 rings (SSSR count). The molecule has 0 saturated heterocycles. The lowest BCUT2D eigenvalue weighted by Gasteiger charge is -2.13. The van der Waals surface area contributed by atoms with Gasteiger partial charge in [0.2, 0.25) is 0 Å². The van der Waals surface area contributed by atoms with Gasteiger partial charge in [0.05, 0.1) is 19.0 Å². The van der Waals surface area contributed by atoms with Crippen LogP contribution in [-0.4, -0.2) is 13.3 Å². The number of hydrazone groups is 1. The van der Waals surface area contributed by atoms with Crippen molar-refractivity contribution in [3.05, 3.63) is 90.0 Å². The van der Waals surface area contributed by atoms with Gasteiger partial charge in [0.25, 0.3) is 0 Å². The van der Waals surface area contributed by atoms with Crippen LogP contribution < -0.4 is 14.9 Å². The van der Waals surface area contributed by atoms with E-state index in [-0.39, 0.29) is 0 Å². The molecule has 0 spiro atoms. The average Bonchev–Trinajstić information content (AvgIpc) is 2.68. The lowest BCUT2D eigenvalue weighted by Crippen LogP contribution is -2.01. The fourth-order valence-electron chi connectivity index (χ4n) is 2.37. The molecule has 0 bridgehead atoms. The highest BCUT2D eigenvalue weighted by molar-refractivity contribution is 5.85. The van der Waals surface area contributed by atoms with Crippen molar-refractivity contribution in [2.75, 3.05) is 12.5 Å². The van der Waals surface area contributed by atoms with Crippen LogP contribution in [-0.2, 0) is 6.61 Å². The van der Waals surface area contributed by atoms with Crippen LogP contribution in [0.3, 0.4) is 0 Å². The Morgan fingerprint density at radius 2 is 1.60 bits per heavy atom. The lowest BCUT2D eigenvalue weighted by molar-refractivity contribution is 0.284. The fraction of sp³-hybridized carbons (Fsp3) is 0.0952. The molecule has 4 nitrogen and oxygen atoms in total. The Hall–Kier alpha value is -3.27. The van der Waals surface area contributed by atoms with Crippen molar-refractivity contribution in [1.29, 1.82) is 0 Å². The third-order valence-corrected chi connectivity index (χ3v) is 3.63. The first kappa shape index (κ1) is 16.6. The quantitative estimate of drug-likeness (QED) is 0.503. The summed E-state index contributed by atoms with van der Waals surface area (Å²) in [5.41, 5.74) is 5.87. The van der Waals surface area contributed by atoms with Gasteiger partial charge in [0.15, 0.2) is 11.5 Å². The van der Waals surface area contributed by atoms with E-state index >= 15 is 0 Å². The van der Waals surface area contributed by atoms with Crippen molar-refractivity contribution in [3.8, 4) is 11.5 Å². The molecule has 0 aromatic heterocycles. The Bertz CT molecular complexity index is 818. The van der Waals surface area contributed by atoms with Gasteiger partial charge in [-0.25, -0.2) is 0 Å². The van der Waals surface area contributed by atoms with Crippen molar-refractivity contribution in [2.24, 2.45) is 5.10 Å². The zero-order chi connectivity index (χ0) is 17.3. The van der Waals surface area contributed by atoms with Gasteiger partial charge in [0.1, 0.15) is 6.61 Å². The maximum absolute atomic E-state index is 6.00. The van der Waals surface area contributed by atoms with E-state index in [1.165, 1.54) is 0 Å². The molecular formula is C21H20N2O2. The minimum absolute atomic E-state index is 0.466. The van der Waals surface area contributed by atoms with E-state index in [1.54, 1.807) is 13.3 Å². The summed E-state index contributed by atoms with van der Waals surface area (Å²) >= 11 is 0. The average molecular weight is 332 g/mol. The van der Waals surface area contributed by atoms with Gasteiger partial charge in [-0.15, -0.1) is 0 Å². The van der Waals surface area contributed by atoms with Gasteiger partial charge in [0, 0.05) is 5.56 Å². The molecule has 3 aromatic carbocycles. The largest absolute Gasteiger partial charge is 0.493 e. The highest BCUT2D eigenvalue weighted by Crippen LogP contribution is 2.30. The highest BCUT2D eigenvalue weighted by Gasteiger charge is 2.09. The number of benzene rings is 3. The number of anilines is 1. The van der Waals surface area contributed by atoms with Crippen LogP contribution in [0.2, 0.25) is 0 Å². The number of methoxy groups -OCH3 is 1. The molecule has 0 aliphatic heterocycles. The molecule has 0 fully saturated rings. The van der Waals surface area contributed by atoms with E-state index in [4.69, 9.17) is 9.47 Å². The van der Waals surface area contributed by atoms with Crippen molar-refractivity contribution >= 4 is 11.9 Å². The maximum Gasteiger partial charge on any atom is 0.170 e. The van der Waals surface area contributed by atoms with Gasteiger partial charge in [-0.1, -0.05) is 54.6 Å². The number of para-hydroxylation sites is 2. The Kier molecular flexibility index (Phi) is 5.67. The van der Waals surface area contributed by atoms with Crippen molar-refractivity contribution < 1.29 is 9.47 Å². The first-order valence-electron chi connectivity index (χ1n) is 8.04. The molecule has 25 heavy (non-hydrogen) atoms. The third-order valence-electron chi connectivity index (χ3n) is 3.63. The fourth-order valence-corrected chi connectivity index (χ4v) is 2.37. The van der Waals surface area contributed by atoms with Crippen LogP contribution in [0.25, 0.3) is 0 Å². The molecule has 1 N–H and O–H groups in total. The minimum atomic E-state index is 0.466. The molecule has 126 valence electrons. The van der Waals surface area contributed by atoms with E-state index in [0.29, 0.717) is 18.1 Å². The summed E-state index contributed by atoms with van der Waals surface area (Å²) < 4.78 is 11.4. The van der Waals surface area contributed by atoms with Gasteiger partial charge >= 0.3 is 0 Å². The number of nitrogens with zero attached hydrogens (tertiary/aromatic N) is 1. The van der Waals surface area contributed by atoms with Crippen LogP contribution in [0.1, 0.15) is 11.1 Å².